The molecule has 1 aromatic heterocycles. The fraction of sp³-hybridized carbons (Fsp3) is 0.778. The van der Waals surface area contributed by atoms with E-state index in [-0.39, 0.29) is 30.5 Å². The average Bonchev–Trinajstić information content (AvgIpc) is 2.95. The van der Waals surface area contributed by atoms with Crippen LogP contribution in [0.5, 0.6) is 0 Å². The molecule has 0 saturated carbocycles. The Morgan fingerprint density at radius 1 is 1.31 bits per heavy atom. The van der Waals surface area contributed by atoms with Crippen molar-refractivity contribution in [2.45, 2.75) is 59.2 Å². The second-order valence-corrected chi connectivity index (χ2v) is 7.22. The molecular weight excluding hydrogens is 443 g/mol. The number of halogens is 1. The molecule has 0 spiro atoms. The molecule has 0 bridgehead atoms. The number of guanidine groups is 1. The minimum absolute atomic E-state index is 0. The van der Waals surface area contributed by atoms with Crippen LogP contribution in [0.1, 0.15) is 47.1 Å². The van der Waals surface area contributed by atoms with Crippen molar-refractivity contribution in [1.29, 1.82) is 0 Å². The molecule has 1 aromatic rings. The second kappa shape index (κ2) is 11.8. The Morgan fingerprint density at radius 3 is 2.38 bits per heavy atom. The van der Waals surface area contributed by atoms with E-state index in [1.165, 1.54) is 0 Å². The Balaban J connectivity index is 0.00000625. The van der Waals surface area contributed by atoms with Gasteiger partial charge in [0.15, 0.2) is 5.96 Å². The maximum Gasteiger partial charge on any atom is 0.191 e. The summed E-state index contributed by atoms with van der Waals surface area (Å²) < 4.78 is 1.68. The lowest BCUT2D eigenvalue weighted by Crippen LogP contribution is -2.45. The molecule has 3 N–H and O–H groups in total. The zero-order valence-corrected chi connectivity index (χ0v) is 19.6. The van der Waals surface area contributed by atoms with Crippen LogP contribution >= 0.6 is 24.0 Å². The summed E-state index contributed by atoms with van der Waals surface area (Å²) in [5.41, 5.74) is -0.279. The smallest absolute Gasteiger partial charge is 0.191 e. The lowest BCUT2D eigenvalue weighted by Gasteiger charge is -2.30. The molecule has 1 atom stereocenters. The van der Waals surface area contributed by atoms with Gasteiger partial charge in [-0.2, -0.15) is 5.10 Å². The van der Waals surface area contributed by atoms with Crippen molar-refractivity contribution in [3.63, 3.8) is 0 Å². The topological polar surface area (TPSA) is 77.7 Å². The summed E-state index contributed by atoms with van der Waals surface area (Å²) in [6.07, 6.45) is 3.50. The Bertz CT molecular complexity index is 534. The highest BCUT2D eigenvalue weighted by molar-refractivity contribution is 14.0. The van der Waals surface area contributed by atoms with E-state index in [4.69, 9.17) is 0 Å². The lowest BCUT2D eigenvalue weighted by molar-refractivity contribution is 0.0671. The van der Waals surface area contributed by atoms with Crippen molar-refractivity contribution < 1.29 is 5.11 Å². The van der Waals surface area contributed by atoms with Gasteiger partial charge in [0.2, 0.25) is 0 Å². The van der Waals surface area contributed by atoms with E-state index in [9.17, 15) is 5.11 Å². The van der Waals surface area contributed by atoms with Gasteiger partial charge < -0.3 is 15.7 Å². The minimum atomic E-state index is -1.04. The van der Waals surface area contributed by atoms with Crippen molar-refractivity contribution >= 4 is 29.9 Å². The van der Waals surface area contributed by atoms with Crippen molar-refractivity contribution in [1.82, 2.24) is 25.3 Å². The van der Waals surface area contributed by atoms with Gasteiger partial charge in [0.25, 0.3) is 0 Å². The van der Waals surface area contributed by atoms with Crippen molar-refractivity contribution in [3.05, 3.63) is 18.0 Å². The van der Waals surface area contributed by atoms with Gasteiger partial charge in [-0.05, 0) is 41.5 Å². The number of aryl methyl sites for hydroxylation is 1. The first kappa shape index (κ1) is 25.1. The molecule has 152 valence electrons. The number of hydrogen-bond donors (Lipinski definition) is 3. The Hall–Kier alpha value is -0.870. The highest BCUT2D eigenvalue weighted by Gasteiger charge is 2.24. The van der Waals surface area contributed by atoms with Crippen LogP contribution in [0.25, 0.3) is 0 Å². The fourth-order valence-electron chi connectivity index (χ4n) is 2.78. The summed E-state index contributed by atoms with van der Waals surface area (Å²) in [4.78, 5) is 6.98. The molecule has 1 heterocycles. The Morgan fingerprint density at radius 2 is 1.92 bits per heavy atom. The van der Waals surface area contributed by atoms with E-state index in [2.05, 4.69) is 53.3 Å². The molecule has 1 unspecified atom stereocenters. The van der Waals surface area contributed by atoms with Crippen LogP contribution < -0.4 is 10.6 Å². The van der Waals surface area contributed by atoms with E-state index < -0.39 is 5.60 Å². The van der Waals surface area contributed by atoms with Crippen LogP contribution in [0, 0.1) is 0 Å². The third kappa shape index (κ3) is 8.22. The first-order valence-electron chi connectivity index (χ1n) is 9.16. The molecule has 0 aliphatic rings. The van der Waals surface area contributed by atoms with Crippen molar-refractivity contribution in [2.75, 3.05) is 26.2 Å². The number of aromatic nitrogens is 2. The van der Waals surface area contributed by atoms with Crippen molar-refractivity contribution in [2.24, 2.45) is 12.0 Å². The standard InChI is InChI=1S/C18H36N6O.HI/c1-8-19-17(20-9-10-24(14(2)3)15(4)5)21-13-18(6,25)16-11-22-23(7)12-16;/h11-12,14-15,25H,8-10,13H2,1-7H3,(H2,19,20,21);1H. The predicted octanol–water partition coefficient (Wildman–Crippen LogP) is 1.92. The zero-order valence-electron chi connectivity index (χ0n) is 17.3. The maximum atomic E-state index is 10.7. The first-order chi connectivity index (χ1) is 11.7. The van der Waals surface area contributed by atoms with Crippen molar-refractivity contribution in [3.8, 4) is 0 Å². The largest absolute Gasteiger partial charge is 0.383 e. The molecule has 0 saturated heterocycles. The van der Waals surface area contributed by atoms with Gasteiger partial charge >= 0.3 is 0 Å². The number of hydrogen-bond acceptors (Lipinski definition) is 4. The molecule has 0 aliphatic carbocycles. The van der Waals surface area contributed by atoms with Crippen LogP contribution in [-0.4, -0.2) is 64.0 Å². The van der Waals surface area contributed by atoms with E-state index in [1.54, 1.807) is 17.8 Å². The van der Waals surface area contributed by atoms with Gasteiger partial charge in [-0.1, -0.05) is 0 Å². The fourth-order valence-corrected chi connectivity index (χ4v) is 2.78. The Kier molecular flexibility index (Phi) is 11.4. The summed E-state index contributed by atoms with van der Waals surface area (Å²) in [5.74, 6) is 0.721. The molecule has 26 heavy (non-hydrogen) atoms. The van der Waals surface area contributed by atoms with Crippen LogP contribution in [0.2, 0.25) is 0 Å². The average molecular weight is 480 g/mol. The molecule has 0 fully saturated rings. The summed E-state index contributed by atoms with van der Waals surface area (Å²) in [6, 6.07) is 1.01. The number of nitrogens with one attached hydrogen (secondary N) is 2. The van der Waals surface area contributed by atoms with E-state index in [0.717, 1.165) is 31.2 Å². The third-order valence-electron chi connectivity index (χ3n) is 4.21. The van der Waals surface area contributed by atoms with Crippen LogP contribution in [-0.2, 0) is 12.6 Å². The number of nitrogens with zero attached hydrogens (tertiary/aromatic N) is 4. The Labute approximate surface area is 175 Å². The predicted molar refractivity (Wildman–Crippen MR) is 119 cm³/mol. The molecule has 0 radical (unpaired) electrons. The quantitative estimate of drug-likeness (QED) is 0.286. The molecule has 1 rings (SSSR count). The molecule has 0 aliphatic heterocycles. The lowest BCUT2D eigenvalue weighted by atomic mass is 10.0. The second-order valence-electron chi connectivity index (χ2n) is 7.22. The summed E-state index contributed by atoms with van der Waals surface area (Å²) in [6.45, 7) is 15.4. The highest BCUT2D eigenvalue weighted by atomic mass is 127. The molecular formula is C18H37IN6O. The van der Waals surface area contributed by atoms with Gasteiger partial charge in [-0.15, -0.1) is 24.0 Å². The molecule has 7 nitrogen and oxygen atoms in total. The minimum Gasteiger partial charge on any atom is -0.383 e. The summed E-state index contributed by atoms with van der Waals surface area (Å²) >= 11 is 0. The monoisotopic (exact) mass is 480 g/mol. The van der Waals surface area contributed by atoms with Gasteiger partial charge in [0.05, 0.1) is 12.7 Å². The normalized spacial score (nSPS) is 14.5. The van der Waals surface area contributed by atoms with E-state index >= 15 is 0 Å². The zero-order chi connectivity index (χ0) is 19.0. The summed E-state index contributed by atoms with van der Waals surface area (Å²) in [5, 5.41) is 21.4. The highest BCUT2D eigenvalue weighted by Crippen LogP contribution is 2.19. The molecule has 0 amide bonds. The van der Waals surface area contributed by atoms with Gasteiger partial charge in [-0.3, -0.25) is 9.58 Å². The number of rotatable bonds is 9. The molecule has 8 heteroatoms. The van der Waals surface area contributed by atoms with Crippen LogP contribution in [0.3, 0.4) is 0 Å². The SMILES string of the molecule is CCNC(=NCC(C)(O)c1cnn(C)c1)NCCN(C(C)C)C(C)C.I. The van der Waals surface area contributed by atoms with Gasteiger partial charge in [0, 0.05) is 50.5 Å². The van der Waals surface area contributed by atoms with Crippen LogP contribution in [0.4, 0.5) is 0 Å². The summed E-state index contributed by atoms with van der Waals surface area (Å²) in [7, 11) is 1.84. The molecule has 0 aromatic carbocycles. The number of aliphatic imine (C=N–C) groups is 1. The van der Waals surface area contributed by atoms with Crippen LogP contribution in [0.15, 0.2) is 17.4 Å². The van der Waals surface area contributed by atoms with E-state index in [1.807, 2.05) is 20.2 Å². The van der Waals surface area contributed by atoms with Gasteiger partial charge in [0.1, 0.15) is 5.60 Å². The third-order valence-corrected chi connectivity index (χ3v) is 4.21. The van der Waals surface area contributed by atoms with Gasteiger partial charge in [-0.25, -0.2) is 4.99 Å². The number of aliphatic hydroxyl groups is 1. The maximum absolute atomic E-state index is 10.7. The first-order valence-corrected chi connectivity index (χ1v) is 9.16. The van der Waals surface area contributed by atoms with E-state index in [0.29, 0.717) is 12.1 Å².